The molecular formula is C13H17FN2O. The third-order valence-corrected chi connectivity index (χ3v) is 2.97. The van der Waals surface area contributed by atoms with Gasteiger partial charge in [0.05, 0.1) is 11.4 Å². The molecule has 0 spiro atoms. The lowest BCUT2D eigenvalue weighted by atomic mass is 10.1. The molecule has 92 valence electrons. The Bertz CT molecular complexity index is 431. The van der Waals surface area contributed by atoms with Gasteiger partial charge in [-0.15, -0.1) is 0 Å². The van der Waals surface area contributed by atoms with Crippen molar-refractivity contribution in [2.24, 2.45) is 0 Å². The van der Waals surface area contributed by atoms with Crippen LogP contribution in [0, 0.1) is 5.82 Å². The van der Waals surface area contributed by atoms with Crippen molar-refractivity contribution in [3.8, 4) is 0 Å². The number of carbonyl (C=O) groups is 1. The summed E-state index contributed by atoms with van der Waals surface area (Å²) in [6, 6.07) is 4.77. The lowest BCUT2D eigenvalue weighted by molar-refractivity contribution is -0.116. The maximum absolute atomic E-state index is 13.3. The Balaban J connectivity index is 2.44. The maximum Gasteiger partial charge on any atom is 0.224 e. The fraction of sp³-hybridized carbons (Fsp3) is 0.462. The molecule has 1 aliphatic heterocycles. The van der Waals surface area contributed by atoms with Gasteiger partial charge in [0, 0.05) is 19.0 Å². The van der Waals surface area contributed by atoms with E-state index in [1.165, 1.54) is 12.1 Å². The molecule has 0 bridgehead atoms. The van der Waals surface area contributed by atoms with E-state index in [4.69, 9.17) is 0 Å². The van der Waals surface area contributed by atoms with Crippen LogP contribution < -0.4 is 10.2 Å². The molecule has 1 heterocycles. The Kier molecular flexibility index (Phi) is 3.31. The Morgan fingerprint density at radius 3 is 2.88 bits per heavy atom. The van der Waals surface area contributed by atoms with Crippen LogP contribution in [0.15, 0.2) is 18.2 Å². The number of anilines is 2. The van der Waals surface area contributed by atoms with Gasteiger partial charge in [0.25, 0.3) is 0 Å². The van der Waals surface area contributed by atoms with Gasteiger partial charge in [-0.2, -0.15) is 0 Å². The largest absolute Gasteiger partial charge is 0.367 e. The standard InChI is InChI=1S/C13H17FN2O/c1-9(2)16-7-3-4-13(17)15-11-6-5-10(14)8-12(11)16/h5-6,8-9H,3-4,7H2,1-2H3,(H,15,17). The summed E-state index contributed by atoms with van der Waals surface area (Å²) in [6.07, 6.45) is 1.31. The van der Waals surface area contributed by atoms with Gasteiger partial charge in [-0.25, -0.2) is 4.39 Å². The van der Waals surface area contributed by atoms with Crippen LogP contribution in [0.4, 0.5) is 15.8 Å². The van der Waals surface area contributed by atoms with Gasteiger partial charge in [0.2, 0.25) is 5.91 Å². The zero-order valence-corrected chi connectivity index (χ0v) is 10.2. The van der Waals surface area contributed by atoms with Crippen LogP contribution >= 0.6 is 0 Å². The smallest absolute Gasteiger partial charge is 0.224 e. The molecule has 4 heteroatoms. The number of hydrogen-bond donors (Lipinski definition) is 1. The van der Waals surface area contributed by atoms with Crippen molar-refractivity contribution in [1.82, 2.24) is 0 Å². The molecule has 0 aromatic heterocycles. The summed E-state index contributed by atoms with van der Waals surface area (Å²) in [5.41, 5.74) is 1.47. The molecule has 17 heavy (non-hydrogen) atoms. The van der Waals surface area contributed by atoms with Crippen LogP contribution in [0.2, 0.25) is 0 Å². The van der Waals surface area contributed by atoms with Gasteiger partial charge >= 0.3 is 0 Å². The molecular weight excluding hydrogens is 219 g/mol. The van der Waals surface area contributed by atoms with Crippen molar-refractivity contribution in [1.29, 1.82) is 0 Å². The topological polar surface area (TPSA) is 32.3 Å². The van der Waals surface area contributed by atoms with Crippen LogP contribution in [0.5, 0.6) is 0 Å². The number of halogens is 1. The molecule has 0 fully saturated rings. The molecule has 0 atom stereocenters. The highest BCUT2D eigenvalue weighted by Gasteiger charge is 2.19. The Labute approximate surface area is 101 Å². The molecule has 0 saturated heterocycles. The zero-order chi connectivity index (χ0) is 12.4. The Morgan fingerprint density at radius 2 is 2.18 bits per heavy atom. The molecule has 3 nitrogen and oxygen atoms in total. The first-order valence-electron chi connectivity index (χ1n) is 5.94. The second-order valence-electron chi connectivity index (χ2n) is 4.60. The molecule has 0 aliphatic carbocycles. The summed E-state index contributed by atoms with van der Waals surface area (Å²) in [6.45, 7) is 4.91. The first-order chi connectivity index (χ1) is 8.08. The van der Waals surface area contributed by atoms with Gasteiger partial charge in [-0.1, -0.05) is 0 Å². The summed E-state index contributed by atoms with van der Waals surface area (Å²) in [5.74, 6) is -0.273. The average molecular weight is 236 g/mol. The summed E-state index contributed by atoms with van der Waals surface area (Å²) in [7, 11) is 0. The monoisotopic (exact) mass is 236 g/mol. The number of rotatable bonds is 1. The van der Waals surface area contributed by atoms with Gasteiger partial charge in [0.15, 0.2) is 0 Å². The van der Waals surface area contributed by atoms with E-state index in [1.54, 1.807) is 6.07 Å². The second kappa shape index (κ2) is 4.73. The first-order valence-corrected chi connectivity index (χ1v) is 5.94. The lowest BCUT2D eigenvalue weighted by Gasteiger charge is -2.32. The minimum Gasteiger partial charge on any atom is -0.367 e. The van der Waals surface area contributed by atoms with Crippen LogP contribution in [-0.4, -0.2) is 18.5 Å². The van der Waals surface area contributed by atoms with E-state index < -0.39 is 0 Å². The lowest BCUT2D eigenvalue weighted by Crippen LogP contribution is -2.34. The average Bonchev–Trinajstić information content (AvgIpc) is 2.24. The number of fused-ring (bicyclic) bond motifs is 1. The Morgan fingerprint density at radius 1 is 1.41 bits per heavy atom. The number of nitrogens with one attached hydrogen (secondary N) is 1. The predicted molar refractivity (Wildman–Crippen MR) is 66.7 cm³/mol. The highest BCUT2D eigenvalue weighted by molar-refractivity contribution is 5.95. The number of amides is 1. The van der Waals surface area contributed by atoms with E-state index in [2.05, 4.69) is 24.1 Å². The van der Waals surface area contributed by atoms with Gasteiger partial charge in [-0.05, 0) is 38.5 Å². The van der Waals surface area contributed by atoms with E-state index in [1.807, 2.05) is 0 Å². The third kappa shape index (κ3) is 2.57. The van der Waals surface area contributed by atoms with Crippen LogP contribution in [0.1, 0.15) is 26.7 Å². The normalized spacial score (nSPS) is 16.2. The second-order valence-corrected chi connectivity index (χ2v) is 4.60. The first kappa shape index (κ1) is 11.9. The molecule has 1 aliphatic rings. The van der Waals surface area contributed by atoms with Gasteiger partial charge in [0.1, 0.15) is 5.82 Å². The van der Waals surface area contributed by atoms with E-state index in [9.17, 15) is 9.18 Å². The Hall–Kier alpha value is -1.58. The quantitative estimate of drug-likeness (QED) is 0.813. The van der Waals surface area contributed by atoms with Crippen LogP contribution in [0.25, 0.3) is 0 Å². The van der Waals surface area contributed by atoms with E-state index in [0.29, 0.717) is 12.1 Å². The number of hydrogen-bond acceptors (Lipinski definition) is 2. The minimum absolute atomic E-state index is 0.00117. The maximum atomic E-state index is 13.3. The van der Waals surface area contributed by atoms with Crippen molar-refractivity contribution in [3.05, 3.63) is 24.0 Å². The number of nitrogens with zero attached hydrogens (tertiary/aromatic N) is 1. The SMILES string of the molecule is CC(C)N1CCCC(=O)Nc2ccc(F)cc21. The molecule has 1 N–H and O–H groups in total. The summed E-state index contributed by atoms with van der Waals surface area (Å²) >= 11 is 0. The fourth-order valence-corrected chi connectivity index (χ4v) is 2.13. The van der Waals surface area contributed by atoms with Crippen LogP contribution in [0.3, 0.4) is 0 Å². The predicted octanol–water partition coefficient (Wildman–Crippen LogP) is 2.77. The van der Waals surface area contributed by atoms with Crippen molar-refractivity contribution in [2.45, 2.75) is 32.7 Å². The number of benzene rings is 1. The molecule has 1 aromatic carbocycles. The third-order valence-electron chi connectivity index (χ3n) is 2.97. The van der Waals surface area contributed by atoms with Crippen molar-refractivity contribution < 1.29 is 9.18 Å². The van der Waals surface area contributed by atoms with Crippen molar-refractivity contribution in [3.63, 3.8) is 0 Å². The molecule has 0 saturated carbocycles. The van der Waals surface area contributed by atoms with Gasteiger partial charge < -0.3 is 10.2 Å². The van der Waals surface area contributed by atoms with Crippen molar-refractivity contribution >= 4 is 17.3 Å². The van der Waals surface area contributed by atoms with Crippen LogP contribution in [-0.2, 0) is 4.79 Å². The number of carbonyl (C=O) groups excluding carboxylic acids is 1. The summed E-state index contributed by atoms with van der Waals surface area (Å²) in [4.78, 5) is 13.7. The minimum atomic E-state index is -0.274. The molecule has 1 amide bonds. The molecule has 0 unspecified atom stereocenters. The highest BCUT2D eigenvalue weighted by atomic mass is 19.1. The zero-order valence-electron chi connectivity index (χ0n) is 10.2. The fourth-order valence-electron chi connectivity index (χ4n) is 2.13. The summed E-state index contributed by atoms with van der Waals surface area (Å²) < 4.78 is 13.3. The van der Waals surface area contributed by atoms with Gasteiger partial charge in [-0.3, -0.25) is 4.79 Å². The van der Waals surface area contributed by atoms with Crippen molar-refractivity contribution in [2.75, 3.05) is 16.8 Å². The molecule has 0 radical (unpaired) electrons. The van der Waals surface area contributed by atoms with E-state index in [0.717, 1.165) is 18.7 Å². The molecule has 1 aromatic rings. The van der Waals surface area contributed by atoms with E-state index in [-0.39, 0.29) is 17.8 Å². The van der Waals surface area contributed by atoms with E-state index >= 15 is 0 Å². The highest BCUT2D eigenvalue weighted by Crippen LogP contribution is 2.30. The summed E-state index contributed by atoms with van der Waals surface area (Å²) in [5, 5.41) is 2.83. The molecule has 2 rings (SSSR count).